The lowest BCUT2D eigenvalue weighted by atomic mass is 9.91. The van der Waals surface area contributed by atoms with Gasteiger partial charge in [-0.3, -0.25) is 24.0 Å². The fraction of sp³-hybridized carbons (Fsp3) is 0.450. The Morgan fingerprint density at radius 1 is 0.964 bits per heavy atom. The Bertz CT molecular complexity index is 2220. The molecule has 2 aliphatic carbocycles. The number of para-hydroxylation sites is 1. The molecule has 282 valence electrons. The van der Waals surface area contributed by atoms with E-state index in [0.717, 1.165) is 73.4 Å². The van der Waals surface area contributed by atoms with Crippen LogP contribution < -0.4 is 20.9 Å². The predicted octanol–water partition coefficient (Wildman–Crippen LogP) is 4.66. The third-order valence-corrected chi connectivity index (χ3v) is 11.4. The molecule has 1 unspecified atom stereocenters. The van der Waals surface area contributed by atoms with Gasteiger partial charge in [0, 0.05) is 68.9 Å². The number of nitriles is 1. The van der Waals surface area contributed by atoms with Crippen molar-refractivity contribution in [1.29, 1.82) is 5.26 Å². The van der Waals surface area contributed by atoms with Crippen molar-refractivity contribution < 1.29 is 14.4 Å². The Morgan fingerprint density at radius 3 is 2.53 bits per heavy atom. The van der Waals surface area contributed by atoms with Crippen LogP contribution in [0.5, 0.6) is 0 Å². The largest absolute Gasteiger partial charge is 0.364 e. The van der Waals surface area contributed by atoms with E-state index < -0.39 is 0 Å². The van der Waals surface area contributed by atoms with Gasteiger partial charge in [-0.25, -0.2) is 4.98 Å². The molecule has 3 aromatic heterocycles. The fourth-order valence-electron chi connectivity index (χ4n) is 8.12. The standard InChI is InChI=1S/C40H44N12O3/c1-3-33-37-29(18-42-52(37)27-21-50(22-27)20-26-6-4-9-31(43-26)40(55)51-15-14-23(17-41)19-51)28-7-5-8-30(36(28)49(33)2)45-32-16-34(46-38(53)24-10-11-24)47-48-35(32)39(54)44-25-12-13-25/h4-9,16,18,23-25,27,33H,3,10-15,19-22H2,1-2H3,(H,44,54)(H2,45,46,47,53)/t23-,33?/m0/s1. The van der Waals surface area contributed by atoms with Gasteiger partial charge in [0.15, 0.2) is 11.5 Å². The third-order valence-electron chi connectivity index (χ3n) is 11.4. The zero-order chi connectivity index (χ0) is 37.8. The van der Waals surface area contributed by atoms with E-state index >= 15 is 0 Å². The summed E-state index contributed by atoms with van der Waals surface area (Å²) in [5.74, 6) is -0.294. The highest BCUT2D eigenvalue weighted by Crippen LogP contribution is 2.50. The summed E-state index contributed by atoms with van der Waals surface area (Å²) in [7, 11) is 2.10. The minimum Gasteiger partial charge on any atom is -0.364 e. The van der Waals surface area contributed by atoms with Crippen molar-refractivity contribution in [3.05, 3.63) is 71.4 Å². The molecule has 3 amide bonds. The molecule has 6 heterocycles. The molecular formula is C40H44N12O3. The van der Waals surface area contributed by atoms with Crippen LogP contribution in [0.15, 0.2) is 48.7 Å². The highest BCUT2D eigenvalue weighted by atomic mass is 16.2. The van der Waals surface area contributed by atoms with Crippen LogP contribution in [0.4, 0.5) is 22.9 Å². The Hall–Kier alpha value is -5.88. The van der Waals surface area contributed by atoms with E-state index in [1.54, 1.807) is 17.0 Å². The van der Waals surface area contributed by atoms with Gasteiger partial charge < -0.3 is 25.8 Å². The number of nitrogens with one attached hydrogen (secondary N) is 3. The second kappa shape index (κ2) is 14.1. The first-order chi connectivity index (χ1) is 26.8. The zero-order valence-electron chi connectivity index (χ0n) is 31.0. The van der Waals surface area contributed by atoms with Crippen LogP contribution in [-0.2, 0) is 11.3 Å². The van der Waals surface area contributed by atoms with Crippen LogP contribution >= 0.6 is 0 Å². The molecule has 15 heteroatoms. The second-order valence-corrected chi connectivity index (χ2v) is 15.5. The minimum atomic E-state index is -0.297. The number of likely N-dealkylation sites (tertiary alicyclic amines) is 2. The molecule has 0 radical (unpaired) electrons. The molecule has 1 aromatic carbocycles. The molecule has 3 aliphatic heterocycles. The van der Waals surface area contributed by atoms with Crippen LogP contribution in [0.3, 0.4) is 0 Å². The summed E-state index contributed by atoms with van der Waals surface area (Å²) in [6.07, 6.45) is 7.15. The van der Waals surface area contributed by atoms with Crippen molar-refractivity contribution in [1.82, 2.24) is 40.1 Å². The monoisotopic (exact) mass is 740 g/mol. The van der Waals surface area contributed by atoms with Crippen molar-refractivity contribution in [3.8, 4) is 17.2 Å². The highest BCUT2D eigenvalue weighted by molar-refractivity contribution is 6.01. The normalized spacial score (nSPS) is 20.6. The Kier molecular flexibility index (Phi) is 8.92. The van der Waals surface area contributed by atoms with E-state index in [4.69, 9.17) is 10.1 Å². The maximum absolute atomic E-state index is 13.3. The molecule has 2 saturated carbocycles. The number of pyridine rings is 1. The molecule has 4 fully saturated rings. The molecule has 0 spiro atoms. The lowest BCUT2D eigenvalue weighted by Gasteiger charge is -2.43. The van der Waals surface area contributed by atoms with Crippen LogP contribution in [0.1, 0.15) is 89.9 Å². The predicted molar refractivity (Wildman–Crippen MR) is 204 cm³/mol. The summed E-state index contributed by atoms with van der Waals surface area (Å²) in [6.45, 7) is 5.47. The molecule has 5 aliphatic rings. The van der Waals surface area contributed by atoms with Gasteiger partial charge in [0.1, 0.15) is 5.69 Å². The first-order valence-electron chi connectivity index (χ1n) is 19.3. The van der Waals surface area contributed by atoms with Gasteiger partial charge in [-0.15, -0.1) is 10.2 Å². The van der Waals surface area contributed by atoms with Crippen LogP contribution in [0.2, 0.25) is 0 Å². The third kappa shape index (κ3) is 6.75. The first kappa shape index (κ1) is 34.9. The molecule has 0 bridgehead atoms. The molecule has 55 heavy (non-hydrogen) atoms. The number of anilines is 4. The molecule has 4 aromatic rings. The van der Waals surface area contributed by atoms with Gasteiger partial charge >= 0.3 is 0 Å². The molecule has 2 atom stereocenters. The number of fused-ring (bicyclic) bond motifs is 3. The average molecular weight is 741 g/mol. The first-order valence-corrected chi connectivity index (χ1v) is 19.3. The van der Waals surface area contributed by atoms with Crippen LogP contribution in [-0.4, -0.2) is 91.8 Å². The summed E-state index contributed by atoms with van der Waals surface area (Å²) >= 11 is 0. The SMILES string of the molecule is CCC1c2c(cnn2C2CN(Cc3cccc(C(=O)N4CC[C@@H](C#N)C4)n3)C2)-c2cccc(Nc3cc(NC(=O)C4CC4)nnc3C(=O)NC3CC3)c2N1C. The van der Waals surface area contributed by atoms with Gasteiger partial charge in [-0.1, -0.05) is 25.1 Å². The highest BCUT2D eigenvalue weighted by Gasteiger charge is 2.39. The molecular weight excluding hydrogens is 697 g/mol. The number of aromatic nitrogens is 5. The summed E-state index contributed by atoms with van der Waals surface area (Å²) < 4.78 is 2.19. The van der Waals surface area contributed by atoms with Crippen molar-refractivity contribution in [2.75, 3.05) is 48.8 Å². The van der Waals surface area contributed by atoms with Gasteiger partial charge in [-0.05, 0) is 56.7 Å². The number of carbonyl (C=O) groups is 3. The van der Waals surface area contributed by atoms with Gasteiger partial charge in [0.25, 0.3) is 11.8 Å². The smallest absolute Gasteiger partial charge is 0.274 e. The quantitative estimate of drug-likeness (QED) is 0.195. The summed E-state index contributed by atoms with van der Waals surface area (Å²) in [5, 5.41) is 32.1. The number of rotatable bonds is 11. The lowest BCUT2D eigenvalue weighted by Crippen LogP contribution is -2.48. The molecule has 9 rings (SSSR count). The number of hydrogen-bond donors (Lipinski definition) is 3. The van der Waals surface area contributed by atoms with E-state index in [2.05, 4.69) is 66.7 Å². The van der Waals surface area contributed by atoms with Gasteiger partial charge in [-0.2, -0.15) is 10.4 Å². The molecule has 3 N–H and O–H groups in total. The van der Waals surface area contributed by atoms with Gasteiger partial charge in [0.05, 0.1) is 58.7 Å². The summed E-state index contributed by atoms with van der Waals surface area (Å²) in [5.41, 5.74) is 7.00. The number of amides is 3. The van der Waals surface area contributed by atoms with Crippen molar-refractivity contribution in [2.24, 2.45) is 11.8 Å². The Balaban J connectivity index is 0.942. The fourth-order valence-corrected chi connectivity index (χ4v) is 8.12. The number of hydrogen-bond acceptors (Lipinski definition) is 11. The van der Waals surface area contributed by atoms with E-state index in [0.29, 0.717) is 43.3 Å². The maximum atomic E-state index is 13.3. The Morgan fingerprint density at radius 2 is 1.78 bits per heavy atom. The van der Waals surface area contributed by atoms with Crippen LogP contribution in [0.25, 0.3) is 11.1 Å². The van der Waals surface area contributed by atoms with Crippen molar-refractivity contribution in [2.45, 2.75) is 70.1 Å². The van der Waals surface area contributed by atoms with E-state index in [1.807, 2.05) is 30.5 Å². The van der Waals surface area contributed by atoms with Crippen molar-refractivity contribution in [3.63, 3.8) is 0 Å². The van der Waals surface area contributed by atoms with Gasteiger partial charge in [0.2, 0.25) is 5.91 Å². The zero-order valence-corrected chi connectivity index (χ0v) is 31.0. The van der Waals surface area contributed by atoms with E-state index in [1.165, 1.54) is 5.69 Å². The van der Waals surface area contributed by atoms with Crippen molar-refractivity contribution >= 4 is 40.6 Å². The molecule has 2 saturated heterocycles. The average Bonchev–Trinajstić information content (AvgIpc) is 4.10. The molecule has 15 nitrogen and oxygen atoms in total. The number of benzene rings is 1. The van der Waals surface area contributed by atoms with E-state index in [-0.39, 0.29) is 53.4 Å². The minimum absolute atomic E-state index is 0.00120. The van der Waals surface area contributed by atoms with Crippen LogP contribution in [0, 0.1) is 23.2 Å². The summed E-state index contributed by atoms with van der Waals surface area (Å²) in [6, 6.07) is 16.1. The lowest BCUT2D eigenvalue weighted by molar-refractivity contribution is -0.117. The number of nitrogens with zero attached hydrogens (tertiary/aromatic N) is 9. The summed E-state index contributed by atoms with van der Waals surface area (Å²) in [4.78, 5) is 50.0. The second-order valence-electron chi connectivity index (χ2n) is 15.5. The Labute approximate surface area is 319 Å². The topological polar surface area (TPSA) is 177 Å². The van der Waals surface area contributed by atoms with E-state index in [9.17, 15) is 19.6 Å². The number of carbonyl (C=O) groups excluding carboxylic acids is 3. The maximum Gasteiger partial charge on any atom is 0.274 e.